The maximum Gasteiger partial charge on any atom is 0.305 e. The van der Waals surface area contributed by atoms with Gasteiger partial charge in [-0.3, -0.25) is 4.79 Å². The van der Waals surface area contributed by atoms with Gasteiger partial charge in [0.2, 0.25) is 0 Å². The third-order valence-corrected chi connectivity index (χ3v) is 1.20. The van der Waals surface area contributed by atoms with Crippen LogP contribution in [0.15, 0.2) is 0 Å². The molecule has 0 aromatic heterocycles. The van der Waals surface area contributed by atoms with Crippen molar-refractivity contribution in [3.63, 3.8) is 0 Å². The molecule has 0 heterocycles. The van der Waals surface area contributed by atoms with E-state index >= 15 is 0 Å². The molecule has 0 fully saturated rings. The number of carbonyl (C=O) groups is 1. The number of hydrogen-bond acceptors (Lipinski definition) is 4. The Bertz CT molecular complexity index is 113. The largest absolute Gasteiger partial charge is 0.466 e. The lowest BCUT2D eigenvalue weighted by Crippen LogP contribution is -2.14. The fourth-order valence-corrected chi connectivity index (χ4v) is 0.609. The van der Waals surface area contributed by atoms with Crippen molar-refractivity contribution in [2.45, 2.75) is 25.9 Å². The summed E-state index contributed by atoms with van der Waals surface area (Å²) >= 11 is 0. The molecule has 11 heavy (non-hydrogen) atoms. The fourth-order valence-electron chi connectivity index (χ4n) is 0.609. The highest BCUT2D eigenvalue weighted by molar-refractivity contribution is 5.69. The van der Waals surface area contributed by atoms with Gasteiger partial charge in [0.15, 0.2) is 0 Å². The molecule has 0 aromatic rings. The van der Waals surface area contributed by atoms with Gasteiger partial charge in [0.05, 0.1) is 19.3 Å². The normalized spacial score (nSPS) is 12.6. The van der Waals surface area contributed by atoms with Crippen molar-refractivity contribution in [1.29, 1.82) is 0 Å². The number of esters is 1. The van der Waals surface area contributed by atoms with E-state index < -0.39 is 6.10 Å². The van der Waals surface area contributed by atoms with E-state index in [0.717, 1.165) is 0 Å². The van der Waals surface area contributed by atoms with E-state index in [2.05, 4.69) is 4.74 Å². The van der Waals surface area contributed by atoms with Crippen LogP contribution in [0, 0.1) is 0 Å². The Kier molecular flexibility index (Phi) is 5.78. The molecule has 4 heteroatoms. The second-order valence-corrected chi connectivity index (χ2v) is 2.18. The first-order valence-electron chi connectivity index (χ1n) is 3.65. The quantitative estimate of drug-likeness (QED) is 0.544. The van der Waals surface area contributed by atoms with Gasteiger partial charge >= 0.3 is 5.97 Å². The molecule has 66 valence electrons. The van der Waals surface area contributed by atoms with Gasteiger partial charge in [-0.25, -0.2) is 0 Å². The summed E-state index contributed by atoms with van der Waals surface area (Å²) < 4.78 is 4.61. The van der Waals surface area contributed by atoms with E-state index in [1.54, 1.807) is 6.92 Å². The number of aliphatic hydroxyl groups excluding tert-OH is 2. The fraction of sp³-hybridized carbons (Fsp3) is 0.857. The van der Waals surface area contributed by atoms with Crippen molar-refractivity contribution in [3.05, 3.63) is 0 Å². The molecule has 0 aliphatic rings. The van der Waals surface area contributed by atoms with Crippen LogP contribution < -0.4 is 0 Å². The molecule has 2 N–H and O–H groups in total. The predicted molar refractivity (Wildman–Crippen MR) is 39.0 cm³/mol. The van der Waals surface area contributed by atoms with E-state index in [0.29, 0.717) is 6.61 Å². The summed E-state index contributed by atoms with van der Waals surface area (Å²) in [6.07, 6.45) is -0.385. The summed E-state index contributed by atoms with van der Waals surface area (Å²) in [5, 5.41) is 17.2. The zero-order valence-electron chi connectivity index (χ0n) is 6.62. The van der Waals surface area contributed by atoms with E-state index in [1.165, 1.54) is 0 Å². The zero-order chi connectivity index (χ0) is 8.69. The topological polar surface area (TPSA) is 66.8 Å². The SMILES string of the molecule is CCOC(=O)CC[C@H](O)CO. The molecular formula is C7H14O4. The lowest BCUT2D eigenvalue weighted by molar-refractivity contribution is -0.143. The molecule has 0 saturated heterocycles. The van der Waals surface area contributed by atoms with E-state index in [4.69, 9.17) is 10.2 Å². The average Bonchev–Trinajstić information content (AvgIpc) is 2.01. The molecule has 4 nitrogen and oxygen atoms in total. The number of hydrogen-bond donors (Lipinski definition) is 2. The minimum atomic E-state index is -0.806. The number of rotatable bonds is 5. The van der Waals surface area contributed by atoms with Crippen molar-refractivity contribution in [2.24, 2.45) is 0 Å². The second kappa shape index (κ2) is 6.12. The molecule has 0 rings (SSSR count). The third-order valence-electron chi connectivity index (χ3n) is 1.20. The van der Waals surface area contributed by atoms with Gasteiger partial charge in [0.1, 0.15) is 0 Å². The lowest BCUT2D eigenvalue weighted by Gasteiger charge is -2.05. The Labute approximate surface area is 65.8 Å². The van der Waals surface area contributed by atoms with Gasteiger partial charge in [-0.05, 0) is 13.3 Å². The van der Waals surface area contributed by atoms with Crippen molar-refractivity contribution < 1.29 is 19.7 Å². The van der Waals surface area contributed by atoms with Crippen molar-refractivity contribution in [3.8, 4) is 0 Å². The first-order chi connectivity index (χ1) is 5.20. The van der Waals surface area contributed by atoms with Gasteiger partial charge < -0.3 is 14.9 Å². The number of aliphatic hydroxyl groups is 2. The Morgan fingerprint density at radius 2 is 2.27 bits per heavy atom. The first kappa shape index (κ1) is 10.4. The van der Waals surface area contributed by atoms with Crippen LogP contribution in [0.2, 0.25) is 0 Å². The Hall–Kier alpha value is -0.610. The first-order valence-corrected chi connectivity index (χ1v) is 3.65. The van der Waals surface area contributed by atoms with Crippen molar-refractivity contribution in [1.82, 2.24) is 0 Å². The van der Waals surface area contributed by atoms with E-state index in [-0.39, 0.29) is 25.4 Å². The van der Waals surface area contributed by atoms with Crippen LogP contribution in [0.5, 0.6) is 0 Å². The monoisotopic (exact) mass is 162 g/mol. The summed E-state index contributed by atoms with van der Waals surface area (Å²) in [4.78, 5) is 10.6. The van der Waals surface area contributed by atoms with E-state index in [9.17, 15) is 4.79 Å². The van der Waals surface area contributed by atoms with E-state index in [1.807, 2.05) is 0 Å². The number of carbonyl (C=O) groups excluding carboxylic acids is 1. The van der Waals surface area contributed by atoms with Crippen LogP contribution >= 0.6 is 0 Å². The molecule has 0 bridgehead atoms. The standard InChI is InChI=1S/C7H14O4/c1-2-11-7(10)4-3-6(9)5-8/h6,8-9H,2-5H2,1H3/t6-/m0/s1. The van der Waals surface area contributed by atoms with Crippen LogP contribution in [0.25, 0.3) is 0 Å². The molecule has 0 radical (unpaired) electrons. The third kappa shape index (κ3) is 5.82. The highest BCUT2D eigenvalue weighted by atomic mass is 16.5. The molecule has 0 aromatic carbocycles. The molecule has 0 amide bonds. The van der Waals surface area contributed by atoms with Gasteiger partial charge in [-0.15, -0.1) is 0 Å². The van der Waals surface area contributed by atoms with Crippen LogP contribution in [-0.4, -0.2) is 35.5 Å². The minimum absolute atomic E-state index is 0.162. The van der Waals surface area contributed by atoms with Crippen molar-refractivity contribution >= 4 is 5.97 Å². The number of ether oxygens (including phenoxy) is 1. The van der Waals surface area contributed by atoms with Gasteiger partial charge in [0.25, 0.3) is 0 Å². The maximum atomic E-state index is 10.6. The van der Waals surface area contributed by atoms with Crippen LogP contribution in [-0.2, 0) is 9.53 Å². The van der Waals surface area contributed by atoms with Crippen LogP contribution in [0.1, 0.15) is 19.8 Å². The van der Waals surface area contributed by atoms with Crippen LogP contribution in [0.4, 0.5) is 0 Å². The maximum absolute atomic E-state index is 10.6. The Balaban J connectivity index is 3.30. The average molecular weight is 162 g/mol. The molecule has 0 saturated carbocycles. The highest BCUT2D eigenvalue weighted by Crippen LogP contribution is 1.97. The van der Waals surface area contributed by atoms with Crippen molar-refractivity contribution in [2.75, 3.05) is 13.2 Å². The molecule has 0 unspecified atom stereocenters. The second-order valence-electron chi connectivity index (χ2n) is 2.18. The minimum Gasteiger partial charge on any atom is -0.466 e. The summed E-state index contributed by atoms with van der Waals surface area (Å²) in [6, 6.07) is 0. The van der Waals surface area contributed by atoms with Crippen LogP contribution in [0.3, 0.4) is 0 Å². The molecular weight excluding hydrogens is 148 g/mol. The Morgan fingerprint density at radius 3 is 2.73 bits per heavy atom. The lowest BCUT2D eigenvalue weighted by atomic mass is 10.2. The predicted octanol–water partition coefficient (Wildman–Crippen LogP) is -0.317. The molecule has 0 aliphatic heterocycles. The smallest absolute Gasteiger partial charge is 0.305 e. The highest BCUT2D eigenvalue weighted by Gasteiger charge is 2.06. The summed E-state index contributed by atoms with van der Waals surface area (Å²) in [5.41, 5.74) is 0. The van der Waals surface area contributed by atoms with Gasteiger partial charge in [-0.1, -0.05) is 0 Å². The summed E-state index contributed by atoms with van der Waals surface area (Å²) in [5.74, 6) is -0.333. The Morgan fingerprint density at radius 1 is 1.64 bits per heavy atom. The summed E-state index contributed by atoms with van der Waals surface area (Å²) in [7, 11) is 0. The molecule has 0 spiro atoms. The molecule has 1 atom stereocenters. The summed E-state index contributed by atoms with van der Waals surface area (Å²) in [6.45, 7) is 1.77. The zero-order valence-corrected chi connectivity index (χ0v) is 6.62. The van der Waals surface area contributed by atoms with Gasteiger partial charge in [0, 0.05) is 6.42 Å². The van der Waals surface area contributed by atoms with Gasteiger partial charge in [-0.2, -0.15) is 0 Å². The molecule has 0 aliphatic carbocycles.